The molecular formula is C12H15NO6S. The van der Waals surface area contributed by atoms with Crippen molar-refractivity contribution in [2.75, 3.05) is 12.0 Å². The van der Waals surface area contributed by atoms with Crippen LogP contribution in [-0.2, 0) is 14.6 Å². The number of sulfone groups is 1. The van der Waals surface area contributed by atoms with Crippen molar-refractivity contribution >= 4 is 21.7 Å². The molecule has 1 rings (SSSR count). The van der Waals surface area contributed by atoms with E-state index in [2.05, 4.69) is 5.32 Å². The monoisotopic (exact) mass is 301 g/mol. The van der Waals surface area contributed by atoms with Crippen molar-refractivity contribution in [3.05, 3.63) is 29.8 Å². The SMILES string of the molecule is CS(=O)(=O)CCC(NC(=O)c1ccccc1O)C(=O)O. The minimum absolute atomic E-state index is 0.0712. The van der Waals surface area contributed by atoms with Crippen LogP contribution in [0.2, 0.25) is 0 Å². The first-order valence-corrected chi connectivity index (χ1v) is 7.76. The van der Waals surface area contributed by atoms with Crippen LogP contribution in [0.1, 0.15) is 16.8 Å². The van der Waals surface area contributed by atoms with E-state index in [4.69, 9.17) is 5.11 Å². The summed E-state index contributed by atoms with van der Waals surface area (Å²) in [5.74, 6) is -2.75. The van der Waals surface area contributed by atoms with Crippen LogP contribution in [0.5, 0.6) is 5.75 Å². The van der Waals surface area contributed by atoms with Gasteiger partial charge in [-0.3, -0.25) is 4.79 Å². The first-order chi connectivity index (χ1) is 9.20. The van der Waals surface area contributed by atoms with Crippen molar-refractivity contribution in [3.8, 4) is 5.75 Å². The number of rotatable bonds is 6. The van der Waals surface area contributed by atoms with Crippen LogP contribution in [0.3, 0.4) is 0 Å². The van der Waals surface area contributed by atoms with Gasteiger partial charge in [0.1, 0.15) is 21.6 Å². The Morgan fingerprint density at radius 1 is 1.30 bits per heavy atom. The average molecular weight is 301 g/mol. The lowest BCUT2D eigenvalue weighted by molar-refractivity contribution is -0.139. The topological polar surface area (TPSA) is 121 Å². The number of nitrogens with one attached hydrogen (secondary N) is 1. The lowest BCUT2D eigenvalue weighted by Gasteiger charge is -2.14. The molecule has 0 radical (unpaired) electrons. The summed E-state index contributed by atoms with van der Waals surface area (Å²) in [6.07, 6.45) is 0.740. The second kappa shape index (κ2) is 6.38. The fourth-order valence-electron chi connectivity index (χ4n) is 1.49. The van der Waals surface area contributed by atoms with Gasteiger partial charge < -0.3 is 15.5 Å². The summed E-state index contributed by atoms with van der Waals surface area (Å²) in [7, 11) is -3.33. The van der Waals surface area contributed by atoms with Gasteiger partial charge in [-0.05, 0) is 18.6 Å². The molecule has 0 spiro atoms. The maximum atomic E-state index is 11.8. The van der Waals surface area contributed by atoms with Gasteiger partial charge >= 0.3 is 5.97 Å². The van der Waals surface area contributed by atoms with Gasteiger partial charge in [-0.1, -0.05) is 12.1 Å². The van der Waals surface area contributed by atoms with E-state index < -0.39 is 27.8 Å². The summed E-state index contributed by atoms with van der Waals surface area (Å²) in [6, 6.07) is 4.32. The van der Waals surface area contributed by atoms with Crippen molar-refractivity contribution < 1.29 is 28.2 Å². The molecule has 110 valence electrons. The highest BCUT2D eigenvalue weighted by atomic mass is 32.2. The minimum Gasteiger partial charge on any atom is -0.507 e. The van der Waals surface area contributed by atoms with E-state index in [0.29, 0.717) is 0 Å². The number of amides is 1. The van der Waals surface area contributed by atoms with Crippen LogP contribution in [0.25, 0.3) is 0 Å². The minimum atomic E-state index is -3.33. The van der Waals surface area contributed by atoms with Crippen LogP contribution < -0.4 is 5.32 Å². The molecular weight excluding hydrogens is 286 g/mol. The third-order valence-corrected chi connectivity index (χ3v) is 3.51. The first kappa shape index (κ1) is 16.0. The number of aliphatic carboxylic acids is 1. The van der Waals surface area contributed by atoms with Gasteiger partial charge in [-0.15, -0.1) is 0 Å². The van der Waals surface area contributed by atoms with Crippen LogP contribution in [-0.4, -0.2) is 48.6 Å². The number of benzene rings is 1. The Bertz CT molecular complexity index is 610. The third kappa shape index (κ3) is 4.88. The molecule has 0 heterocycles. The molecule has 20 heavy (non-hydrogen) atoms. The normalized spacial score (nSPS) is 12.7. The molecule has 1 atom stereocenters. The van der Waals surface area contributed by atoms with Crippen LogP contribution in [0.4, 0.5) is 0 Å². The summed E-state index contributed by atoms with van der Waals surface area (Å²) >= 11 is 0. The summed E-state index contributed by atoms with van der Waals surface area (Å²) in [5, 5.41) is 20.6. The Morgan fingerprint density at radius 3 is 2.40 bits per heavy atom. The zero-order valence-electron chi connectivity index (χ0n) is 10.7. The molecule has 0 bridgehead atoms. The van der Waals surface area contributed by atoms with Crippen molar-refractivity contribution in [1.29, 1.82) is 0 Å². The van der Waals surface area contributed by atoms with Gasteiger partial charge in [0.15, 0.2) is 0 Å². The third-order valence-electron chi connectivity index (χ3n) is 2.53. The van der Waals surface area contributed by atoms with Crippen LogP contribution >= 0.6 is 0 Å². The van der Waals surface area contributed by atoms with E-state index in [1.807, 2.05) is 0 Å². The maximum Gasteiger partial charge on any atom is 0.326 e. The number of carboxylic acid groups (broad SMARTS) is 1. The van der Waals surface area contributed by atoms with Gasteiger partial charge in [0.05, 0.1) is 11.3 Å². The van der Waals surface area contributed by atoms with E-state index in [-0.39, 0.29) is 23.5 Å². The predicted molar refractivity (Wildman–Crippen MR) is 71.3 cm³/mol. The Balaban J connectivity index is 2.79. The first-order valence-electron chi connectivity index (χ1n) is 5.70. The largest absolute Gasteiger partial charge is 0.507 e. The van der Waals surface area contributed by atoms with E-state index >= 15 is 0 Å². The number of phenols is 1. The fraction of sp³-hybridized carbons (Fsp3) is 0.333. The standard InChI is InChI=1S/C12H15NO6S/c1-20(18,19)7-6-9(12(16)17)13-11(15)8-4-2-3-5-10(8)14/h2-5,9,14H,6-7H2,1H3,(H,13,15)(H,16,17). The van der Waals surface area contributed by atoms with E-state index in [1.54, 1.807) is 0 Å². The Labute approximate surface area is 116 Å². The molecule has 0 saturated heterocycles. The number of carbonyl (C=O) groups excluding carboxylic acids is 1. The maximum absolute atomic E-state index is 11.8. The zero-order chi connectivity index (χ0) is 15.3. The predicted octanol–water partition coefficient (Wildman–Crippen LogP) is 0.00990. The lowest BCUT2D eigenvalue weighted by Crippen LogP contribution is -2.41. The molecule has 7 nitrogen and oxygen atoms in total. The molecule has 0 aliphatic rings. The quantitative estimate of drug-likeness (QED) is 0.680. The molecule has 1 amide bonds. The summed E-state index contributed by atoms with van der Waals surface area (Å²) < 4.78 is 22.0. The number of carboxylic acids is 1. The fourth-order valence-corrected chi connectivity index (χ4v) is 2.15. The van der Waals surface area contributed by atoms with Crippen molar-refractivity contribution in [1.82, 2.24) is 5.32 Å². The smallest absolute Gasteiger partial charge is 0.326 e. The van der Waals surface area contributed by atoms with Crippen LogP contribution in [0.15, 0.2) is 24.3 Å². The number of hydrogen-bond donors (Lipinski definition) is 3. The number of aromatic hydroxyl groups is 1. The number of hydrogen-bond acceptors (Lipinski definition) is 5. The zero-order valence-corrected chi connectivity index (χ0v) is 11.6. The lowest BCUT2D eigenvalue weighted by atomic mass is 10.1. The Morgan fingerprint density at radius 2 is 1.90 bits per heavy atom. The summed E-state index contributed by atoms with van der Waals surface area (Å²) in [4.78, 5) is 22.8. The van der Waals surface area contributed by atoms with Crippen molar-refractivity contribution in [2.24, 2.45) is 0 Å². The molecule has 0 aliphatic carbocycles. The van der Waals surface area contributed by atoms with E-state index in [0.717, 1.165) is 6.26 Å². The van der Waals surface area contributed by atoms with Crippen molar-refractivity contribution in [2.45, 2.75) is 12.5 Å². The molecule has 1 aromatic rings. The number of carbonyl (C=O) groups is 2. The highest BCUT2D eigenvalue weighted by Gasteiger charge is 2.23. The summed E-state index contributed by atoms with van der Waals surface area (Å²) in [5.41, 5.74) is -0.0712. The second-order valence-corrected chi connectivity index (χ2v) is 6.56. The molecule has 0 saturated carbocycles. The molecule has 3 N–H and O–H groups in total. The van der Waals surface area contributed by atoms with E-state index in [1.165, 1.54) is 24.3 Å². The Hall–Kier alpha value is -2.09. The molecule has 1 unspecified atom stereocenters. The molecule has 0 aromatic heterocycles. The second-order valence-electron chi connectivity index (χ2n) is 4.30. The van der Waals surface area contributed by atoms with E-state index in [9.17, 15) is 23.1 Å². The van der Waals surface area contributed by atoms with Crippen LogP contribution in [0, 0.1) is 0 Å². The summed E-state index contributed by atoms with van der Waals surface area (Å²) in [6.45, 7) is 0. The van der Waals surface area contributed by atoms with Gasteiger partial charge in [0.2, 0.25) is 0 Å². The molecule has 8 heteroatoms. The van der Waals surface area contributed by atoms with Gasteiger partial charge in [-0.25, -0.2) is 13.2 Å². The number of phenolic OH excluding ortho intramolecular Hbond substituents is 1. The molecule has 0 fully saturated rings. The average Bonchev–Trinajstić information content (AvgIpc) is 2.33. The van der Waals surface area contributed by atoms with Crippen molar-refractivity contribution in [3.63, 3.8) is 0 Å². The van der Waals surface area contributed by atoms with Gasteiger partial charge in [-0.2, -0.15) is 0 Å². The molecule has 0 aliphatic heterocycles. The molecule has 1 aromatic carbocycles. The van der Waals surface area contributed by atoms with Gasteiger partial charge in [0, 0.05) is 6.26 Å². The highest BCUT2D eigenvalue weighted by molar-refractivity contribution is 7.90. The highest BCUT2D eigenvalue weighted by Crippen LogP contribution is 2.15. The number of para-hydroxylation sites is 1. The Kier molecular flexibility index (Phi) is 5.09. The van der Waals surface area contributed by atoms with Gasteiger partial charge in [0.25, 0.3) is 5.91 Å².